The van der Waals surface area contributed by atoms with E-state index < -0.39 is 11.7 Å². The van der Waals surface area contributed by atoms with Gasteiger partial charge in [0, 0.05) is 27.7 Å². The number of hydrogen-bond acceptors (Lipinski definition) is 2. The highest BCUT2D eigenvalue weighted by molar-refractivity contribution is 6.52. The van der Waals surface area contributed by atoms with Crippen molar-refractivity contribution in [2.45, 2.75) is 13.5 Å². The lowest BCUT2D eigenvalue weighted by Gasteiger charge is -2.08. The Morgan fingerprint density at radius 1 is 0.903 bits per heavy atom. The number of amides is 1. The minimum Gasteiger partial charge on any atom is -0.327 e. The molecule has 0 unspecified atom stereocenters. The number of benzene rings is 3. The average Bonchev–Trinajstić information content (AvgIpc) is 2.99. The largest absolute Gasteiger partial charge is 0.327 e. The number of anilines is 1. The van der Waals surface area contributed by atoms with Crippen LogP contribution in [0, 0.1) is 6.92 Å². The van der Waals surface area contributed by atoms with Crippen LogP contribution in [0.25, 0.3) is 10.9 Å². The molecule has 4 rings (SSSR count). The van der Waals surface area contributed by atoms with E-state index >= 15 is 0 Å². The zero-order chi connectivity index (χ0) is 22.1. The van der Waals surface area contributed by atoms with Gasteiger partial charge in [0.1, 0.15) is 5.15 Å². The third-order valence-corrected chi connectivity index (χ3v) is 5.81. The molecule has 0 fully saturated rings. The summed E-state index contributed by atoms with van der Waals surface area (Å²) in [6.07, 6.45) is 0. The SMILES string of the molecule is Cc1ccc2c(c1)c(C(=O)C(=O)Nc1cccc(Cl)c1)c(Cl)n2Cc1ccc(Cl)cc1. The zero-order valence-corrected chi connectivity index (χ0v) is 18.7. The first kappa shape index (κ1) is 21.4. The lowest BCUT2D eigenvalue weighted by atomic mass is 10.1. The first-order valence-corrected chi connectivity index (χ1v) is 10.6. The highest BCUT2D eigenvalue weighted by atomic mass is 35.5. The van der Waals surface area contributed by atoms with E-state index in [1.165, 1.54) is 0 Å². The summed E-state index contributed by atoms with van der Waals surface area (Å²) in [6, 6.07) is 19.7. The predicted molar refractivity (Wildman–Crippen MR) is 127 cm³/mol. The fourth-order valence-electron chi connectivity index (χ4n) is 3.45. The van der Waals surface area contributed by atoms with E-state index in [-0.39, 0.29) is 10.7 Å². The molecule has 0 aliphatic carbocycles. The van der Waals surface area contributed by atoms with Gasteiger partial charge in [-0.15, -0.1) is 0 Å². The number of hydrogen-bond donors (Lipinski definition) is 1. The summed E-state index contributed by atoms with van der Waals surface area (Å²) in [4.78, 5) is 25.9. The monoisotopic (exact) mass is 470 g/mol. The van der Waals surface area contributed by atoms with Crippen LogP contribution in [0.4, 0.5) is 5.69 Å². The third kappa shape index (κ3) is 4.47. The Balaban J connectivity index is 1.75. The van der Waals surface area contributed by atoms with Gasteiger partial charge in [-0.25, -0.2) is 0 Å². The molecule has 3 aromatic carbocycles. The van der Waals surface area contributed by atoms with Crippen molar-refractivity contribution in [2.24, 2.45) is 0 Å². The minimum atomic E-state index is -0.781. The molecular weight excluding hydrogens is 455 g/mol. The van der Waals surface area contributed by atoms with Gasteiger partial charge in [-0.3, -0.25) is 9.59 Å². The Bertz CT molecular complexity index is 1310. The Hall–Kier alpha value is -2.79. The first-order chi connectivity index (χ1) is 14.8. The van der Waals surface area contributed by atoms with Crippen molar-refractivity contribution in [2.75, 3.05) is 5.32 Å². The van der Waals surface area contributed by atoms with Gasteiger partial charge in [0.15, 0.2) is 0 Å². The summed E-state index contributed by atoms with van der Waals surface area (Å²) in [6.45, 7) is 2.35. The fourth-order valence-corrected chi connectivity index (χ4v) is 4.10. The maximum atomic E-state index is 13.1. The van der Waals surface area contributed by atoms with Crippen molar-refractivity contribution >= 4 is 63.1 Å². The van der Waals surface area contributed by atoms with Crippen LogP contribution in [0.1, 0.15) is 21.5 Å². The highest BCUT2D eigenvalue weighted by Gasteiger charge is 2.26. The number of ketones is 1. The van der Waals surface area contributed by atoms with Crippen LogP contribution in [0.5, 0.6) is 0 Å². The summed E-state index contributed by atoms with van der Waals surface area (Å²) < 4.78 is 1.82. The lowest BCUT2D eigenvalue weighted by Crippen LogP contribution is -2.23. The molecule has 0 radical (unpaired) electrons. The number of aromatic nitrogens is 1. The van der Waals surface area contributed by atoms with Crippen molar-refractivity contribution in [3.63, 3.8) is 0 Å². The standard InChI is InChI=1S/C24H17Cl3N2O2/c1-14-5-10-20-19(11-14)21(22(30)24(31)28-18-4-2-3-17(26)12-18)23(27)29(20)13-15-6-8-16(25)9-7-15/h2-12H,13H2,1H3,(H,28,31). The average molecular weight is 472 g/mol. The van der Waals surface area contributed by atoms with Gasteiger partial charge in [0.05, 0.1) is 11.1 Å². The molecule has 1 aromatic heterocycles. The molecule has 31 heavy (non-hydrogen) atoms. The van der Waals surface area contributed by atoms with Crippen molar-refractivity contribution in [3.05, 3.63) is 98.6 Å². The summed E-state index contributed by atoms with van der Waals surface area (Å²) >= 11 is 18.6. The number of halogens is 3. The normalized spacial score (nSPS) is 11.0. The van der Waals surface area contributed by atoms with Crippen LogP contribution in [-0.4, -0.2) is 16.3 Å². The summed E-state index contributed by atoms with van der Waals surface area (Å²) in [5.41, 5.74) is 3.30. The molecule has 0 atom stereocenters. The predicted octanol–water partition coefficient (Wildman–Crippen LogP) is 6.78. The topological polar surface area (TPSA) is 51.1 Å². The number of nitrogens with one attached hydrogen (secondary N) is 1. The lowest BCUT2D eigenvalue weighted by molar-refractivity contribution is -0.112. The van der Waals surface area contributed by atoms with Crippen LogP contribution >= 0.6 is 34.8 Å². The van der Waals surface area contributed by atoms with E-state index in [9.17, 15) is 9.59 Å². The molecule has 156 valence electrons. The van der Waals surface area contributed by atoms with Gasteiger partial charge in [-0.2, -0.15) is 0 Å². The summed E-state index contributed by atoms with van der Waals surface area (Å²) in [5, 5.41) is 4.53. The molecule has 0 aliphatic rings. The number of carbonyl (C=O) groups excluding carboxylic acids is 2. The zero-order valence-electron chi connectivity index (χ0n) is 16.5. The van der Waals surface area contributed by atoms with Gasteiger partial charge in [-0.05, 0) is 55.0 Å². The molecule has 1 amide bonds. The molecule has 4 aromatic rings. The second kappa shape index (κ2) is 8.75. The van der Waals surface area contributed by atoms with Crippen LogP contribution < -0.4 is 5.32 Å². The molecule has 1 heterocycles. The Labute approximate surface area is 194 Å². The van der Waals surface area contributed by atoms with Crippen molar-refractivity contribution in [1.82, 2.24) is 4.57 Å². The Morgan fingerprint density at radius 2 is 1.65 bits per heavy atom. The summed E-state index contributed by atoms with van der Waals surface area (Å²) in [7, 11) is 0. The number of nitrogens with zero attached hydrogens (tertiary/aromatic N) is 1. The van der Waals surface area contributed by atoms with Gasteiger partial charge in [0.25, 0.3) is 11.7 Å². The third-order valence-electron chi connectivity index (χ3n) is 4.93. The molecule has 0 saturated carbocycles. The molecule has 0 saturated heterocycles. The molecule has 0 bridgehead atoms. The molecule has 0 spiro atoms. The smallest absolute Gasteiger partial charge is 0.296 e. The van der Waals surface area contributed by atoms with Gasteiger partial charge in [-0.1, -0.05) is 64.6 Å². The van der Waals surface area contributed by atoms with Crippen molar-refractivity contribution < 1.29 is 9.59 Å². The highest BCUT2D eigenvalue weighted by Crippen LogP contribution is 2.32. The first-order valence-electron chi connectivity index (χ1n) is 9.47. The van der Waals surface area contributed by atoms with E-state index in [4.69, 9.17) is 34.8 Å². The Kier molecular flexibility index (Phi) is 6.05. The Morgan fingerprint density at radius 3 is 2.35 bits per heavy atom. The molecule has 4 nitrogen and oxygen atoms in total. The quantitative estimate of drug-likeness (QED) is 0.258. The van der Waals surface area contributed by atoms with Crippen LogP contribution in [0.3, 0.4) is 0 Å². The van der Waals surface area contributed by atoms with Crippen LogP contribution in [0.15, 0.2) is 66.7 Å². The molecule has 7 heteroatoms. The minimum absolute atomic E-state index is 0.175. The van der Waals surface area contributed by atoms with E-state index in [2.05, 4.69) is 5.32 Å². The number of carbonyl (C=O) groups is 2. The molecule has 0 aliphatic heterocycles. The molecular formula is C24H17Cl3N2O2. The number of Topliss-reactive ketones (excluding diaryl/α,β-unsaturated/α-hetero) is 1. The van der Waals surface area contributed by atoms with Crippen LogP contribution in [-0.2, 0) is 11.3 Å². The molecule has 1 N–H and O–H groups in total. The van der Waals surface area contributed by atoms with Gasteiger partial charge in [0.2, 0.25) is 0 Å². The second-order valence-corrected chi connectivity index (χ2v) is 8.42. The maximum absolute atomic E-state index is 13.1. The van der Waals surface area contributed by atoms with E-state index in [1.807, 2.05) is 41.8 Å². The van der Waals surface area contributed by atoms with Gasteiger partial charge < -0.3 is 9.88 Å². The second-order valence-electron chi connectivity index (χ2n) is 7.19. The van der Waals surface area contributed by atoms with Gasteiger partial charge >= 0.3 is 0 Å². The van der Waals surface area contributed by atoms with E-state index in [0.717, 1.165) is 16.6 Å². The van der Waals surface area contributed by atoms with Crippen LogP contribution in [0.2, 0.25) is 15.2 Å². The summed E-state index contributed by atoms with van der Waals surface area (Å²) in [5.74, 6) is -1.49. The fraction of sp³-hybridized carbons (Fsp3) is 0.0833. The van der Waals surface area contributed by atoms with E-state index in [1.54, 1.807) is 36.4 Å². The number of fused-ring (bicyclic) bond motifs is 1. The maximum Gasteiger partial charge on any atom is 0.296 e. The number of rotatable bonds is 5. The van der Waals surface area contributed by atoms with E-state index in [0.29, 0.717) is 27.7 Å². The van der Waals surface area contributed by atoms with Crippen molar-refractivity contribution in [1.29, 1.82) is 0 Å². The number of aryl methyl sites for hydroxylation is 1. The van der Waals surface area contributed by atoms with Crippen molar-refractivity contribution in [3.8, 4) is 0 Å².